The molecule has 0 bridgehead atoms. The summed E-state index contributed by atoms with van der Waals surface area (Å²) in [4.78, 5) is 5.50. The van der Waals surface area contributed by atoms with Gasteiger partial charge in [-0.3, -0.25) is 4.90 Å². The number of hydrogen-bond acceptors (Lipinski definition) is 6. The fraction of sp³-hybridized carbons (Fsp3) is 1.00. The van der Waals surface area contributed by atoms with Gasteiger partial charge in [0.05, 0.1) is 13.2 Å². The highest BCUT2D eigenvalue weighted by Gasteiger charge is 2.53. The van der Waals surface area contributed by atoms with Gasteiger partial charge in [-0.15, -0.1) is 0 Å². The molecule has 1 saturated carbocycles. The van der Waals surface area contributed by atoms with E-state index in [1.165, 1.54) is 77.7 Å². The minimum atomic E-state index is 0.0518. The Labute approximate surface area is 200 Å². The average molecular weight is 463 g/mol. The summed E-state index contributed by atoms with van der Waals surface area (Å²) in [5.41, 5.74) is 0.603. The van der Waals surface area contributed by atoms with Gasteiger partial charge in [-0.05, 0) is 101 Å². The maximum absolute atomic E-state index is 5.94. The lowest BCUT2D eigenvalue weighted by atomic mass is 9.67. The molecule has 9 unspecified atom stereocenters. The molecule has 0 aromatic heterocycles. The molecule has 6 rings (SSSR count). The average Bonchev–Trinajstić information content (AvgIpc) is 3.52. The fourth-order valence-corrected chi connectivity index (χ4v) is 8.26. The smallest absolute Gasteiger partial charge is 0.184 e. The van der Waals surface area contributed by atoms with E-state index in [1.54, 1.807) is 7.11 Å². The molecule has 6 aliphatic rings. The summed E-state index contributed by atoms with van der Waals surface area (Å²) in [6.45, 7) is 13.0. The van der Waals surface area contributed by atoms with Crippen LogP contribution in [0.4, 0.5) is 0 Å². The highest BCUT2D eigenvalue weighted by molar-refractivity contribution is 4.98. The van der Waals surface area contributed by atoms with Crippen molar-refractivity contribution in [2.75, 3.05) is 53.0 Å². The zero-order chi connectivity index (χ0) is 22.6. The first-order valence-corrected chi connectivity index (χ1v) is 13.9. The second-order valence-corrected chi connectivity index (χ2v) is 12.4. The van der Waals surface area contributed by atoms with Gasteiger partial charge in [0.1, 0.15) is 6.10 Å². The molecule has 33 heavy (non-hydrogen) atoms. The van der Waals surface area contributed by atoms with Gasteiger partial charge in [0.2, 0.25) is 0 Å². The third-order valence-electron chi connectivity index (χ3n) is 11.0. The first-order chi connectivity index (χ1) is 16.1. The highest BCUT2D eigenvalue weighted by atomic mass is 16.8. The van der Waals surface area contributed by atoms with Crippen molar-refractivity contribution >= 4 is 0 Å². The summed E-state index contributed by atoms with van der Waals surface area (Å²) in [5.74, 6) is 3.58. The molecule has 5 saturated heterocycles. The van der Waals surface area contributed by atoms with Crippen LogP contribution in [0.25, 0.3) is 0 Å². The second kappa shape index (κ2) is 9.33. The third kappa shape index (κ3) is 4.42. The largest absolute Gasteiger partial charge is 0.356 e. The maximum atomic E-state index is 5.94. The molecule has 0 aromatic rings. The molecular formula is C27H46N2O4. The monoisotopic (exact) mass is 462 g/mol. The number of nitrogens with zero attached hydrogens (tertiary/aromatic N) is 2. The molecule has 6 fully saturated rings. The number of ether oxygens (including phenoxy) is 4. The molecule has 0 aromatic carbocycles. The van der Waals surface area contributed by atoms with Crippen LogP contribution in [0.15, 0.2) is 0 Å². The van der Waals surface area contributed by atoms with Gasteiger partial charge in [0.25, 0.3) is 0 Å². The molecule has 0 amide bonds. The molecular weight excluding hydrogens is 416 g/mol. The zero-order valence-electron chi connectivity index (χ0n) is 21.1. The van der Waals surface area contributed by atoms with Crippen molar-refractivity contribution in [2.24, 2.45) is 35.0 Å². The summed E-state index contributed by atoms with van der Waals surface area (Å²) in [7, 11) is 1.80. The topological polar surface area (TPSA) is 46.7 Å². The van der Waals surface area contributed by atoms with Crippen LogP contribution < -0.4 is 0 Å². The Morgan fingerprint density at radius 1 is 0.879 bits per heavy atom. The Kier molecular flexibility index (Phi) is 6.55. The maximum Gasteiger partial charge on any atom is 0.184 e. The van der Waals surface area contributed by atoms with Gasteiger partial charge < -0.3 is 23.8 Å². The summed E-state index contributed by atoms with van der Waals surface area (Å²) in [6.07, 6.45) is 10.1. The Hall–Kier alpha value is -0.240. The van der Waals surface area contributed by atoms with Gasteiger partial charge in [0, 0.05) is 25.0 Å². The molecule has 188 valence electrons. The summed E-state index contributed by atoms with van der Waals surface area (Å²) >= 11 is 0. The van der Waals surface area contributed by atoms with Gasteiger partial charge in [-0.25, -0.2) is 0 Å². The van der Waals surface area contributed by atoms with Crippen LogP contribution in [0.5, 0.6) is 0 Å². The molecule has 6 nitrogen and oxygen atoms in total. The molecule has 0 radical (unpaired) electrons. The van der Waals surface area contributed by atoms with Crippen molar-refractivity contribution in [1.29, 1.82) is 0 Å². The van der Waals surface area contributed by atoms with Crippen molar-refractivity contribution in [3.05, 3.63) is 0 Å². The van der Waals surface area contributed by atoms with Crippen LogP contribution >= 0.6 is 0 Å². The summed E-state index contributed by atoms with van der Waals surface area (Å²) in [5, 5.41) is 0. The first-order valence-electron chi connectivity index (χ1n) is 13.9. The van der Waals surface area contributed by atoms with Gasteiger partial charge in [-0.2, -0.15) is 0 Å². The predicted octanol–water partition coefficient (Wildman–Crippen LogP) is 3.60. The second-order valence-electron chi connectivity index (χ2n) is 12.4. The standard InChI is InChI=1S/C27H46N2O4/c1-18-20(4-5-21-22(18)16-31-25(21)30-3)6-11-28-12-7-27(8-13-28)9-14-29(15-10-27)23-17-32-26-24(33-26)19(23)2/h18-26H,4-17H2,1-3H3. The van der Waals surface area contributed by atoms with Gasteiger partial charge in [-0.1, -0.05) is 13.8 Å². The normalized spacial score (nSPS) is 47.9. The zero-order valence-corrected chi connectivity index (χ0v) is 21.1. The number of hydrogen-bond donors (Lipinski definition) is 0. The number of epoxide rings is 1. The molecule has 0 N–H and O–H groups in total. The minimum absolute atomic E-state index is 0.0518. The first kappa shape index (κ1) is 23.2. The van der Waals surface area contributed by atoms with Crippen LogP contribution in [0.3, 0.4) is 0 Å². The molecule has 5 heterocycles. The minimum Gasteiger partial charge on any atom is -0.356 e. The number of likely N-dealkylation sites (tertiary alicyclic amines) is 2. The van der Waals surface area contributed by atoms with E-state index in [9.17, 15) is 0 Å². The molecule has 1 spiro atoms. The Bertz CT molecular complexity index is 673. The van der Waals surface area contributed by atoms with Crippen molar-refractivity contribution in [2.45, 2.75) is 83.5 Å². The van der Waals surface area contributed by atoms with E-state index in [0.29, 0.717) is 35.3 Å². The lowest BCUT2D eigenvalue weighted by molar-refractivity contribution is -0.114. The number of rotatable bonds is 5. The van der Waals surface area contributed by atoms with E-state index in [1.807, 2.05) is 0 Å². The molecule has 6 heteroatoms. The predicted molar refractivity (Wildman–Crippen MR) is 127 cm³/mol. The van der Waals surface area contributed by atoms with E-state index in [-0.39, 0.29) is 12.6 Å². The lowest BCUT2D eigenvalue weighted by Gasteiger charge is -2.49. The Balaban J connectivity index is 0.938. The van der Waals surface area contributed by atoms with Crippen molar-refractivity contribution in [3.8, 4) is 0 Å². The van der Waals surface area contributed by atoms with Crippen molar-refractivity contribution in [1.82, 2.24) is 9.80 Å². The number of piperidine rings is 2. The molecule has 9 atom stereocenters. The van der Waals surface area contributed by atoms with E-state index < -0.39 is 0 Å². The van der Waals surface area contributed by atoms with Crippen LogP contribution in [0, 0.1) is 35.0 Å². The van der Waals surface area contributed by atoms with Crippen LogP contribution in [-0.4, -0.2) is 87.6 Å². The summed E-state index contributed by atoms with van der Waals surface area (Å²) < 4.78 is 23.1. The number of fused-ring (bicyclic) bond motifs is 2. The number of methoxy groups -OCH3 is 1. The SMILES string of the molecule is COC1OCC2C(C)C(CCN3CCC4(CC3)CCN(C3COC5OC5C3C)CC4)CCC12. The molecule has 1 aliphatic carbocycles. The fourth-order valence-electron chi connectivity index (χ4n) is 8.26. The van der Waals surface area contributed by atoms with E-state index in [0.717, 1.165) is 25.0 Å². The van der Waals surface area contributed by atoms with Crippen molar-refractivity contribution < 1.29 is 18.9 Å². The van der Waals surface area contributed by atoms with E-state index in [2.05, 4.69) is 23.6 Å². The van der Waals surface area contributed by atoms with Crippen LogP contribution in [0.2, 0.25) is 0 Å². The third-order valence-corrected chi connectivity index (χ3v) is 11.0. The van der Waals surface area contributed by atoms with Crippen molar-refractivity contribution in [3.63, 3.8) is 0 Å². The Morgan fingerprint density at radius 3 is 2.39 bits per heavy atom. The highest BCUT2D eigenvalue weighted by Crippen LogP contribution is 2.47. The van der Waals surface area contributed by atoms with Crippen LogP contribution in [-0.2, 0) is 18.9 Å². The molecule has 5 aliphatic heterocycles. The van der Waals surface area contributed by atoms with E-state index in [4.69, 9.17) is 18.9 Å². The van der Waals surface area contributed by atoms with Gasteiger partial charge >= 0.3 is 0 Å². The van der Waals surface area contributed by atoms with E-state index >= 15 is 0 Å². The Morgan fingerprint density at radius 2 is 1.64 bits per heavy atom. The lowest BCUT2D eigenvalue weighted by Crippen LogP contribution is -2.54. The van der Waals surface area contributed by atoms with Crippen LogP contribution in [0.1, 0.15) is 58.8 Å². The summed E-state index contributed by atoms with van der Waals surface area (Å²) in [6, 6.07) is 0.563. The van der Waals surface area contributed by atoms with Gasteiger partial charge in [0.15, 0.2) is 12.6 Å². The quantitative estimate of drug-likeness (QED) is 0.582.